The van der Waals surface area contributed by atoms with Crippen LogP contribution < -0.4 is 10.1 Å². The summed E-state index contributed by atoms with van der Waals surface area (Å²) in [5.74, 6) is -1.25. The molecule has 0 aliphatic rings. The average Bonchev–Trinajstić information content (AvgIpc) is 2.91. The molecule has 9 heteroatoms. The Bertz CT molecular complexity index is 729. The van der Waals surface area contributed by atoms with Crippen LogP contribution in [0.2, 0.25) is 5.02 Å². The van der Waals surface area contributed by atoms with E-state index in [0.717, 1.165) is 4.68 Å². The maximum Gasteiger partial charge on any atom is 0.358 e. The molecule has 0 fully saturated rings. The van der Waals surface area contributed by atoms with Crippen LogP contribution in [0.25, 0.3) is 0 Å². The predicted octanol–water partition coefficient (Wildman–Crippen LogP) is 2.06. The Morgan fingerprint density at radius 2 is 2.17 bits per heavy atom. The van der Waals surface area contributed by atoms with Crippen molar-refractivity contribution < 1.29 is 19.4 Å². The lowest BCUT2D eigenvalue weighted by Crippen LogP contribution is -2.20. The molecule has 8 nitrogen and oxygen atoms in total. The van der Waals surface area contributed by atoms with Crippen LogP contribution in [0.1, 0.15) is 24.3 Å². The van der Waals surface area contributed by atoms with Crippen LogP contribution >= 0.6 is 11.6 Å². The highest BCUT2D eigenvalue weighted by atomic mass is 35.5. The minimum absolute atomic E-state index is 0.112. The Morgan fingerprint density at radius 1 is 1.43 bits per heavy atom. The van der Waals surface area contributed by atoms with Gasteiger partial charge in [0.2, 0.25) is 5.91 Å². The summed E-state index contributed by atoms with van der Waals surface area (Å²) in [5, 5.41) is 18.8. The number of carbonyl (C=O) groups excluding carboxylic acids is 1. The van der Waals surface area contributed by atoms with E-state index in [1.54, 1.807) is 18.2 Å². The summed E-state index contributed by atoms with van der Waals surface area (Å²) >= 11 is 6.09. The summed E-state index contributed by atoms with van der Waals surface area (Å²) in [7, 11) is 0. The number of ether oxygens (including phenoxy) is 1. The number of rotatable bonds is 6. The van der Waals surface area contributed by atoms with E-state index < -0.39 is 11.9 Å². The third kappa shape index (κ3) is 4.43. The molecule has 122 valence electrons. The van der Waals surface area contributed by atoms with Crippen molar-refractivity contribution in [3.8, 4) is 5.75 Å². The number of halogens is 1. The number of hydrogen-bond acceptors (Lipinski definition) is 5. The van der Waals surface area contributed by atoms with Gasteiger partial charge >= 0.3 is 5.97 Å². The van der Waals surface area contributed by atoms with Crippen LogP contribution in [0.15, 0.2) is 24.4 Å². The lowest BCUT2D eigenvalue weighted by molar-refractivity contribution is -0.117. The van der Waals surface area contributed by atoms with Gasteiger partial charge < -0.3 is 15.2 Å². The lowest BCUT2D eigenvalue weighted by Gasteiger charge is -2.16. The number of carboxylic acid groups (broad SMARTS) is 1. The zero-order valence-electron chi connectivity index (χ0n) is 12.5. The van der Waals surface area contributed by atoms with Crippen LogP contribution in [0.3, 0.4) is 0 Å². The number of anilines is 1. The fourth-order valence-corrected chi connectivity index (χ4v) is 1.99. The summed E-state index contributed by atoms with van der Waals surface area (Å²) in [6, 6.07) is 5.00. The monoisotopic (exact) mass is 338 g/mol. The quantitative estimate of drug-likeness (QED) is 0.835. The molecule has 0 bridgehead atoms. The van der Waals surface area contributed by atoms with Crippen LogP contribution in [0, 0.1) is 0 Å². The summed E-state index contributed by atoms with van der Waals surface area (Å²) in [6.45, 7) is 3.50. The number of aromatic nitrogens is 3. The Labute approximate surface area is 137 Å². The van der Waals surface area contributed by atoms with Gasteiger partial charge in [-0.3, -0.25) is 4.79 Å². The molecule has 2 aromatic rings. The predicted molar refractivity (Wildman–Crippen MR) is 82.8 cm³/mol. The van der Waals surface area contributed by atoms with Crippen LogP contribution in [-0.4, -0.2) is 38.1 Å². The largest absolute Gasteiger partial charge is 0.487 e. The second-order valence-electron chi connectivity index (χ2n) is 4.94. The Kier molecular flexibility index (Phi) is 5.17. The van der Waals surface area contributed by atoms with Crippen LogP contribution in [0.4, 0.5) is 5.69 Å². The first-order valence-electron chi connectivity index (χ1n) is 6.75. The smallest absolute Gasteiger partial charge is 0.358 e. The van der Waals surface area contributed by atoms with Crippen molar-refractivity contribution in [3.63, 3.8) is 0 Å². The summed E-state index contributed by atoms with van der Waals surface area (Å²) in [4.78, 5) is 22.8. The van der Waals surface area contributed by atoms with E-state index in [9.17, 15) is 9.59 Å². The van der Waals surface area contributed by atoms with E-state index >= 15 is 0 Å². The first kappa shape index (κ1) is 16.8. The molecule has 2 rings (SSSR count). The first-order valence-corrected chi connectivity index (χ1v) is 7.13. The summed E-state index contributed by atoms with van der Waals surface area (Å²) in [6.07, 6.45) is 1.06. The maximum atomic E-state index is 12.1. The van der Waals surface area contributed by atoms with Crippen molar-refractivity contribution in [2.45, 2.75) is 26.5 Å². The molecule has 0 atom stereocenters. The number of para-hydroxylation sites is 1. The number of carbonyl (C=O) groups is 2. The Morgan fingerprint density at radius 3 is 2.78 bits per heavy atom. The second kappa shape index (κ2) is 7.10. The number of nitrogens with one attached hydrogen (secondary N) is 1. The molecule has 0 spiro atoms. The molecule has 0 saturated carbocycles. The molecule has 1 aromatic heterocycles. The van der Waals surface area contributed by atoms with Crippen LogP contribution in [-0.2, 0) is 11.3 Å². The topological polar surface area (TPSA) is 106 Å². The number of nitrogens with zero attached hydrogens (tertiary/aromatic N) is 3. The molecule has 1 aromatic carbocycles. The van der Waals surface area contributed by atoms with E-state index in [1.807, 2.05) is 13.8 Å². The van der Waals surface area contributed by atoms with Gasteiger partial charge in [-0.2, -0.15) is 0 Å². The second-order valence-corrected chi connectivity index (χ2v) is 5.35. The number of carboxylic acids is 1. The van der Waals surface area contributed by atoms with E-state index in [4.69, 9.17) is 21.4 Å². The lowest BCUT2D eigenvalue weighted by atomic mass is 10.2. The number of aromatic carboxylic acids is 1. The van der Waals surface area contributed by atoms with Crippen molar-refractivity contribution >= 4 is 29.2 Å². The van der Waals surface area contributed by atoms with Crippen molar-refractivity contribution in [1.82, 2.24) is 15.0 Å². The van der Waals surface area contributed by atoms with Crippen LogP contribution in [0.5, 0.6) is 5.75 Å². The van der Waals surface area contributed by atoms with Gasteiger partial charge in [-0.25, -0.2) is 9.48 Å². The van der Waals surface area contributed by atoms with Crippen molar-refractivity contribution in [2.24, 2.45) is 0 Å². The van der Waals surface area contributed by atoms with E-state index in [0.29, 0.717) is 16.5 Å². The van der Waals surface area contributed by atoms with Gasteiger partial charge in [0, 0.05) is 0 Å². The minimum Gasteiger partial charge on any atom is -0.487 e. The molecular formula is C14H15ClN4O4. The summed E-state index contributed by atoms with van der Waals surface area (Å²) < 4.78 is 6.73. The Hall–Kier alpha value is -2.61. The average molecular weight is 339 g/mol. The van der Waals surface area contributed by atoms with Gasteiger partial charge in [-0.1, -0.05) is 22.9 Å². The van der Waals surface area contributed by atoms with Crippen molar-refractivity contribution in [2.75, 3.05) is 5.32 Å². The molecule has 0 aliphatic heterocycles. The molecule has 1 heterocycles. The number of hydrogen-bond donors (Lipinski definition) is 2. The minimum atomic E-state index is -1.21. The SMILES string of the molecule is CC(C)Oc1c(Cl)cccc1NC(=O)Cn1cc(C(=O)O)nn1. The normalized spacial score (nSPS) is 10.6. The van der Waals surface area contributed by atoms with Crippen molar-refractivity contribution in [1.29, 1.82) is 0 Å². The molecule has 0 aliphatic carbocycles. The number of benzene rings is 1. The zero-order chi connectivity index (χ0) is 17.0. The third-order valence-corrected chi connectivity index (χ3v) is 2.96. The highest BCUT2D eigenvalue weighted by Gasteiger charge is 2.14. The van der Waals surface area contributed by atoms with Gasteiger partial charge in [-0.05, 0) is 26.0 Å². The molecule has 1 amide bonds. The highest BCUT2D eigenvalue weighted by Crippen LogP contribution is 2.33. The van der Waals surface area contributed by atoms with Gasteiger partial charge in [0.05, 0.1) is 23.0 Å². The molecule has 2 N–H and O–H groups in total. The molecule has 0 radical (unpaired) electrons. The fourth-order valence-electron chi connectivity index (χ4n) is 1.77. The Balaban J connectivity index is 2.10. The third-order valence-electron chi connectivity index (χ3n) is 2.66. The fraction of sp³-hybridized carbons (Fsp3) is 0.286. The van der Waals surface area contributed by atoms with E-state index in [-0.39, 0.29) is 18.3 Å². The zero-order valence-corrected chi connectivity index (χ0v) is 13.2. The molecule has 23 heavy (non-hydrogen) atoms. The molecule has 0 saturated heterocycles. The van der Waals surface area contributed by atoms with Gasteiger partial charge in [-0.15, -0.1) is 5.10 Å². The summed E-state index contributed by atoms with van der Waals surface area (Å²) in [5.41, 5.74) is 0.194. The van der Waals surface area contributed by atoms with Gasteiger partial charge in [0.1, 0.15) is 6.54 Å². The highest BCUT2D eigenvalue weighted by molar-refractivity contribution is 6.32. The van der Waals surface area contributed by atoms with Gasteiger partial charge in [0.15, 0.2) is 11.4 Å². The first-order chi connectivity index (χ1) is 10.9. The molecular weight excluding hydrogens is 324 g/mol. The standard InChI is InChI=1S/C14H15ClN4O4/c1-8(2)23-13-9(15)4-3-5-10(13)16-12(20)7-19-6-11(14(21)22)17-18-19/h3-6,8H,7H2,1-2H3,(H,16,20)(H,21,22). The van der Waals surface area contributed by atoms with E-state index in [1.165, 1.54) is 6.20 Å². The molecule has 0 unspecified atom stereocenters. The van der Waals surface area contributed by atoms with E-state index in [2.05, 4.69) is 15.6 Å². The van der Waals surface area contributed by atoms with Gasteiger partial charge in [0.25, 0.3) is 0 Å². The van der Waals surface area contributed by atoms with Crippen molar-refractivity contribution in [3.05, 3.63) is 35.1 Å². The number of amides is 1. The maximum absolute atomic E-state index is 12.1.